The molecule has 2 atom stereocenters. The van der Waals surface area contributed by atoms with Crippen LogP contribution in [0.25, 0.3) is 0 Å². The van der Waals surface area contributed by atoms with E-state index in [-0.39, 0.29) is 6.10 Å². The first-order chi connectivity index (χ1) is 3.31. The van der Waals surface area contributed by atoms with Gasteiger partial charge in [-0.15, -0.1) is 0 Å². The van der Waals surface area contributed by atoms with Crippen molar-refractivity contribution in [3.05, 3.63) is 0 Å². The first-order valence-electron chi connectivity index (χ1n) is 2.15. The van der Waals surface area contributed by atoms with E-state index in [2.05, 4.69) is 14.0 Å². The van der Waals surface area contributed by atoms with Crippen molar-refractivity contribution in [2.75, 3.05) is 13.7 Å². The summed E-state index contributed by atoms with van der Waals surface area (Å²) in [6, 6.07) is 0. The molecule has 0 heterocycles. The lowest BCUT2D eigenvalue weighted by Gasteiger charge is -2.04. The first kappa shape index (κ1) is 7.35. The summed E-state index contributed by atoms with van der Waals surface area (Å²) in [5.41, 5.74) is 0. The van der Waals surface area contributed by atoms with Crippen molar-refractivity contribution in [2.24, 2.45) is 0 Å². The number of rotatable bonds is 3. The molecule has 0 aromatic heterocycles. The van der Waals surface area contributed by atoms with Gasteiger partial charge >= 0.3 is 0 Å². The van der Waals surface area contributed by atoms with Crippen molar-refractivity contribution in [2.45, 2.75) is 13.0 Å². The van der Waals surface area contributed by atoms with Crippen LogP contribution in [0.15, 0.2) is 0 Å². The van der Waals surface area contributed by atoms with Crippen LogP contribution in [-0.2, 0) is 9.26 Å². The lowest BCUT2D eigenvalue weighted by atomic mass is 10.4. The molecule has 0 aliphatic carbocycles. The third-order valence-corrected chi connectivity index (χ3v) is 0.926. The smallest absolute Gasteiger partial charge is 0.0779 e. The molecule has 0 rings (SSSR count). The van der Waals surface area contributed by atoms with E-state index in [1.54, 1.807) is 7.11 Å². The molecule has 7 heavy (non-hydrogen) atoms. The van der Waals surface area contributed by atoms with Gasteiger partial charge in [-0.2, -0.15) is 0 Å². The minimum absolute atomic E-state index is 0.206. The summed E-state index contributed by atoms with van der Waals surface area (Å²) in [7, 11) is 3.83. The Labute approximate surface area is 46.5 Å². The van der Waals surface area contributed by atoms with Gasteiger partial charge in [-0.1, -0.05) is 0 Å². The zero-order valence-electron chi connectivity index (χ0n) is 4.68. The molecule has 0 radical (unpaired) electrons. The lowest BCUT2D eigenvalue weighted by Crippen LogP contribution is -2.09. The van der Waals surface area contributed by atoms with Crippen LogP contribution in [0.1, 0.15) is 6.92 Å². The van der Waals surface area contributed by atoms with Gasteiger partial charge in [0.25, 0.3) is 0 Å². The summed E-state index contributed by atoms with van der Waals surface area (Å²) in [5, 5.41) is 0. The number of methoxy groups -OCH3 is 1. The van der Waals surface area contributed by atoms with E-state index in [1.165, 1.54) is 0 Å². The van der Waals surface area contributed by atoms with E-state index in [0.717, 1.165) is 0 Å². The van der Waals surface area contributed by atoms with Gasteiger partial charge in [0.15, 0.2) is 0 Å². The standard InChI is InChI=1S/C4H11O2P/c1-4(5-2)3-6-7/h4H,3,7H2,1-2H3. The molecule has 2 unspecified atom stereocenters. The molecule has 0 aliphatic rings. The summed E-state index contributed by atoms with van der Waals surface area (Å²) in [6.07, 6.45) is 0.206. The molecule has 0 saturated heterocycles. The van der Waals surface area contributed by atoms with Crippen LogP contribution >= 0.6 is 9.47 Å². The Hall–Kier alpha value is 0.350. The fraction of sp³-hybridized carbons (Fsp3) is 1.00. The van der Waals surface area contributed by atoms with Crippen molar-refractivity contribution in [3.8, 4) is 0 Å². The first-order valence-corrected chi connectivity index (χ1v) is 2.63. The Morgan fingerprint density at radius 2 is 2.29 bits per heavy atom. The topological polar surface area (TPSA) is 18.5 Å². The maximum atomic E-state index is 4.85. The highest BCUT2D eigenvalue weighted by molar-refractivity contribution is 7.09. The molecule has 44 valence electrons. The summed E-state index contributed by atoms with van der Waals surface area (Å²) in [6.45, 7) is 2.59. The number of hydrogen-bond donors (Lipinski definition) is 0. The average molecular weight is 122 g/mol. The summed E-state index contributed by atoms with van der Waals surface area (Å²) >= 11 is 0. The Kier molecular flexibility index (Phi) is 4.73. The predicted molar refractivity (Wildman–Crippen MR) is 32.1 cm³/mol. The van der Waals surface area contributed by atoms with Crippen molar-refractivity contribution in [1.29, 1.82) is 0 Å². The van der Waals surface area contributed by atoms with Gasteiger partial charge < -0.3 is 9.26 Å². The van der Waals surface area contributed by atoms with Gasteiger partial charge in [0, 0.05) is 16.6 Å². The molecule has 0 aromatic rings. The van der Waals surface area contributed by atoms with Crippen molar-refractivity contribution < 1.29 is 9.26 Å². The molecule has 0 N–H and O–H groups in total. The van der Waals surface area contributed by atoms with Gasteiger partial charge in [0.1, 0.15) is 0 Å². The normalized spacial score (nSPS) is 14.1. The van der Waals surface area contributed by atoms with E-state index in [1.807, 2.05) is 6.92 Å². The molecule has 0 saturated carbocycles. The van der Waals surface area contributed by atoms with Crippen molar-refractivity contribution in [3.63, 3.8) is 0 Å². The minimum atomic E-state index is 0.206. The Bertz CT molecular complexity index is 40.7. The van der Waals surface area contributed by atoms with Crippen LogP contribution in [0, 0.1) is 0 Å². The molecule has 3 heteroatoms. The van der Waals surface area contributed by atoms with E-state index in [9.17, 15) is 0 Å². The zero-order valence-corrected chi connectivity index (χ0v) is 5.83. The monoisotopic (exact) mass is 122 g/mol. The maximum Gasteiger partial charge on any atom is 0.0779 e. The van der Waals surface area contributed by atoms with Gasteiger partial charge in [-0.25, -0.2) is 0 Å². The minimum Gasteiger partial charge on any atom is -0.379 e. The number of hydrogen-bond acceptors (Lipinski definition) is 2. The van der Waals surface area contributed by atoms with E-state index in [4.69, 9.17) is 4.74 Å². The highest BCUT2D eigenvalue weighted by Crippen LogP contribution is 1.91. The van der Waals surface area contributed by atoms with Crippen LogP contribution < -0.4 is 0 Å². The van der Waals surface area contributed by atoms with Gasteiger partial charge in [-0.05, 0) is 6.92 Å². The molecular formula is C4H11O2P. The molecule has 0 bridgehead atoms. The molecule has 0 aromatic carbocycles. The van der Waals surface area contributed by atoms with Crippen molar-refractivity contribution >= 4 is 9.47 Å². The second-order valence-electron chi connectivity index (χ2n) is 1.38. The molecule has 0 aliphatic heterocycles. The fourth-order valence-electron chi connectivity index (χ4n) is 0.204. The van der Waals surface area contributed by atoms with Gasteiger partial charge in [-0.3, -0.25) is 0 Å². The second kappa shape index (κ2) is 4.51. The summed E-state index contributed by atoms with van der Waals surface area (Å²) in [5.74, 6) is 0. The summed E-state index contributed by atoms with van der Waals surface area (Å²) in [4.78, 5) is 0. The highest BCUT2D eigenvalue weighted by atomic mass is 31.0. The zero-order chi connectivity index (χ0) is 5.70. The van der Waals surface area contributed by atoms with Gasteiger partial charge in [0.05, 0.1) is 12.7 Å². The molecule has 0 amide bonds. The Balaban J connectivity index is 2.83. The molecule has 0 spiro atoms. The van der Waals surface area contributed by atoms with E-state index in [0.29, 0.717) is 6.61 Å². The van der Waals surface area contributed by atoms with Crippen molar-refractivity contribution in [1.82, 2.24) is 0 Å². The van der Waals surface area contributed by atoms with Crippen LogP contribution in [0.4, 0.5) is 0 Å². The Morgan fingerprint density at radius 3 is 2.43 bits per heavy atom. The van der Waals surface area contributed by atoms with E-state index < -0.39 is 0 Å². The average Bonchev–Trinajstić information content (AvgIpc) is 1.68. The SMILES string of the molecule is COC(C)COP. The van der Waals surface area contributed by atoms with Gasteiger partial charge in [0.2, 0.25) is 0 Å². The highest BCUT2D eigenvalue weighted by Gasteiger charge is 1.93. The van der Waals surface area contributed by atoms with Crippen LogP contribution in [0.3, 0.4) is 0 Å². The van der Waals surface area contributed by atoms with Crippen LogP contribution in [-0.4, -0.2) is 19.8 Å². The Morgan fingerprint density at radius 1 is 1.71 bits per heavy atom. The van der Waals surface area contributed by atoms with Crippen LogP contribution in [0.5, 0.6) is 0 Å². The third-order valence-electron chi connectivity index (χ3n) is 0.733. The molecule has 2 nitrogen and oxygen atoms in total. The third kappa shape index (κ3) is 4.20. The number of ether oxygens (including phenoxy) is 1. The summed E-state index contributed by atoms with van der Waals surface area (Å²) < 4.78 is 9.54. The predicted octanol–water partition coefficient (Wildman–Crippen LogP) is 0.828. The van der Waals surface area contributed by atoms with Crippen LogP contribution in [0.2, 0.25) is 0 Å². The lowest BCUT2D eigenvalue weighted by molar-refractivity contribution is 0.0788. The quantitative estimate of drug-likeness (QED) is 0.516. The fourth-order valence-corrected chi connectivity index (χ4v) is 0.475. The molecule has 0 fully saturated rings. The van der Waals surface area contributed by atoms with E-state index >= 15 is 0 Å². The maximum absolute atomic E-state index is 4.85. The largest absolute Gasteiger partial charge is 0.379 e. The molecular weight excluding hydrogens is 111 g/mol. The second-order valence-corrected chi connectivity index (χ2v) is 1.71.